The van der Waals surface area contributed by atoms with Crippen LogP contribution in [0.3, 0.4) is 0 Å². The molecular formula is C18H28N4O2. The van der Waals surface area contributed by atoms with E-state index in [1.807, 2.05) is 12.4 Å². The van der Waals surface area contributed by atoms with Gasteiger partial charge in [-0.15, -0.1) is 0 Å². The van der Waals surface area contributed by atoms with Gasteiger partial charge in [0.15, 0.2) is 0 Å². The van der Waals surface area contributed by atoms with Gasteiger partial charge < -0.3 is 14.8 Å². The van der Waals surface area contributed by atoms with E-state index >= 15 is 0 Å². The van der Waals surface area contributed by atoms with Crippen molar-refractivity contribution in [3.8, 4) is 0 Å². The van der Waals surface area contributed by atoms with Crippen molar-refractivity contribution in [1.29, 1.82) is 0 Å². The zero-order chi connectivity index (χ0) is 16.2. The molecule has 1 saturated carbocycles. The van der Waals surface area contributed by atoms with Gasteiger partial charge in [-0.1, -0.05) is 12.8 Å². The molecule has 0 aromatic carbocycles. The second kappa shape index (κ2) is 7.33. The highest BCUT2D eigenvalue weighted by Crippen LogP contribution is 2.36. The van der Waals surface area contributed by atoms with Crippen LogP contribution in [0.25, 0.3) is 0 Å². The van der Waals surface area contributed by atoms with E-state index in [4.69, 9.17) is 9.47 Å². The third-order valence-electron chi connectivity index (χ3n) is 5.47. The maximum atomic E-state index is 6.10. The summed E-state index contributed by atoms with van der Waals surface area (Å²) in [7, 11) is 0. The Morgan fingerprint density at radius 3 is 2.75 bits per heavy atom. The predicted molar refractivity (Wildman–Crippen MR) is 91.9 cm³/mol. The Morgan fingerprint density at radius 2 is 2.00 bits per heavy atom. The molecule has 0 unspecified atom stereocenters. The second-order valence-electron chi connectivity index (χ2n) is 7.38. The first-order valence-corrected chi connectivity index (χ1v) is 9.34. The van der Waals surface area contributed by atoms with Crippen LogP contribution in [-0.2, 0) is 16.0 Å². The van der Waals surface area contributed by atoms with Crippen LogP contribution in [-0.4, -0.2) is 59.4 Å². The van der Waals surface area contributed by atoms with Crippen LogP contribution in [0, 0.1) is 0 Å². The summed E-state index contributed by atoms with van der Waals surface area (Å²) in [6.07, 6.45) is 11.5. The van der Waals surface area contributed by atoms with Gasteiger partial charge in [-0.05, 0) is 25.7 Å². The third kappa shape index (κ3) is 3.87. The normalized spacial score (nSPS) is 26.9. The van der Waals surface area contributed by atoms with Gasteiger partial charge in [0.25, 0.3) is 0 Å². The molecule has 1 spiro atoms. The first kappa shape index (κ1) is 16.2. The van der Waals surface area contributed by atoms with E-state index in [2.05, 4.69) is 20.2 Å². The molecule has 132 valence electrons. The smallest absolute Gasteiger partial charge is 0.222 e. The number of hydrogen-bond acceptors (Lipinski definition) is 6. The molecule has 0 bridgehead atoms. The number of ether oxygens (including phenoxy) is 2. The van der Waals surface area contributed by atoms with Crippen LogP contribution in [0.1, 0.15) is 44.1 Å². The van der Waals surface area contributed by atoms with E-state index in [1.165, 1.54) is 31.2 Å². The molecule has 6 nitrogen and oxygen atoms in total. The van der Waals surface area contributed by atoms with E-state index in [1.54, 1.807) is 0 Å². The SMILES string of the molecule is c1nc(NC[C@@H]2CCCO2)ncc1CN1CCOC2(CCCC2)C1. The number of nitrogens with zero attached hydrogens (tertiary/aromatic N) is 3. The van der Waals surface area contributed by atoms with E-state index in [-0.39, 0.29) is 5.60 Å². The summed E-state index contributed by atoms with van der Waals surface area (Å²) >= 11 is 0. The standard InChI is InChI=1S/C18H28N4O2/c1-2-6-18(5-1)14-22(7-9-24-18)13-15-10-19-17(20-11-15)21-12-16-4-3-8-23-16/h10-11,16H,1-9,12-14H2,(H,19,20,21)/t16-/m0/s1. The largest absolute Gasteiger partial charge is 0.376 e. The molecule has 1 atom stereocenters. The van der Waals surface area contributed by atoms with Gasteiger partial charge in [-0.2, -0.15) is 0 Å². The number of rotatable bonds is 5. The number of hydrogen-bond donors (Lipinski definition) is 1. The minimum Gasteiger partial charge on any atom is -0.376 e. The van der Waals surface area contributed by atoms with Crippen molar-refractivity contribution < 1.29 is 9.47 Å². The zero-order valence-corrected chi connectivity index (χ0v) is 14.4. The number of morpholine rings is 1. The molecule has 4 rings (SSSR count). The third-order valence-corrected chi connectivity index (χ3v) is 5.47. The molecule has 3 aliphatic rings. The van der Waals surface area contributed by atoms with Gasteiger partial charge in [0, 0.05) is 50.7 Å². The monoisotopic (exact) mass is 332 g/mol. The summed E-state index contributed by atoms with van der Waals surface area (Å²) in [4.78, 5) is 11.4. The maximum absolute atomic E-state index is 6.10. The van der Waals surface area contributed by atoms with Crippen molar-refractivity contribution in [1.82, 2.24) is 14.9 Å². The summed E-state index contributed by atoms with van der Waals surface area (Å²) in [6, 6.07) is 0. The summed E-state index contributed by atoms with van der Waals surface area (Å²) in [6.45, 7) is 5.49. The molecule has 0 radical (unpaired) electrons. The molecule has 2 aliphatic heterocycles. The molecule has 6 heteroatoms. The van der Waals surface area contributed by atoms with Gasteiger partial charge in [0.2, 0.25) is 5.95 Å². The molecule has 0 amide bonds. The molecule has 3 fully saturated rings. The minimum atomic E-state index is 0.127. The quantitative estimate of drug-likeness (QED) is 0.892. The number of anilines is 1. The first-order chi connectivity index (χ1) is 11.8. The van der Waals surface area contributed by atoms with Gasteiger partial charge in [0.1, 0.15) is 0 Å². The Bertz CT molecular complexity index is 524. The van der Waals surface area contributed by atoms with Crippen LogP contribution in [0.5, 0.6) is 0 Å². The fraction of sp³-hybridized carbons (Fsp3) is 0.778. The molecular weight excluding hydrogens is 304 g/mol. The van der Waals surface area contributed by atoms with Crippen molar-refractivity contribution in [2.75, 3.05) is 38.2 Å². The fourth-order valence-electron chi connectivity index (χ4n) is 4.18. The first-order valence-electron chi connectivity index (χ1n) is 9.34. The van der Waals surface area contributed by atoms with Crippen molar-refractivity contribution in [2.24, 2.45) is 0 Å². The molecule has 3 heterocycles. The lowest BCUT2D eigenvalue weighted by atomic mass is 9.99. The summed E-state index contributed by atoms with van der Waals surface area (Å²) in [5.41, 5.74) is 1.30. The van der Waals surface area contributed by atoms with Gasteiger partial charge in [-0.3, -0.25) is 4.90 Å². The van der Waals surface area contributed by atoms with Crippen molar-refractivity contribution in [2.45, 2.75) is 56.8 Å². The maximum Gasteiger partial charge on any atom is 0.222 e. The summed E-state index contributed by atoms with van der Waals surface area (Å²) < 4.78 is 11.7. The predicted octanol–water partition coefficient (Wildman–Crippen LogP) is 2.21. The van der Waals surface area contributed by atoms with E-state index in [9.17, 15) is 0 Å². The number of nitrogens with one attached hydrogen (secondary N) is 1. The summed E-state index contributed by atoms with van der Waals surface area (Å²) in [5, 5.41) is 3.28. The lowest BCUT2D eigenvalue weighted by molar-refractivity contribution is -0.107. The van der Waals surface area contributed by atoms with Crippen LogP contribution in [0.2, 0.25) is 0 Å². The Labute approximate surface area is 143 Å². The average molecular weight is 332 g/mol. The molecule has 1 aromatic rings. The Balaban J connectivity index is 1.28. The van der Waals surface area contributed by atoms with E-state index < -0.39 is 0 Å². The van der Waals surface area contributed by atoms with Crippen molar-refractivity contribution in [3.05, 3.63) is 18.0 Å². The Kier molecular flexibility index (Phi) is 4.96. The topological polar surface area (TPSA) is 59.5 Å². The highest BCUT2D eigenvalue weighted by atomic mass is 16.5. The van der Waals surface area contributed by atoms with Gasteiger partial charge in [0.05, 0.1) is 18.3 Å². The zero-order valence-electron chi connectivity index (χ0n) is 14.4. The Morgan fingerprint density at radius 1 is 1.17 bits per heavy atom. The second-order valence-corrected chi connectivity index (χ2v) is 7.38. The van der Waals surface area contributed by atoms with Gasteiger partial charge in [-0.25, -0.2) is 9.97 Å². The van der Waals surface area contributed by atoms with E-state index in [0.29, 0.717) is 12.1 Å². The lowest BCUT2D eigenvalue weighted by Crippen LogP contribution is -2.49. The van der Waals surface area contributed by atoms with Crippen LogP contribution in [0.15, 0.2) is 12.4 Å². The van der Waals surface area contributed by atoms with Gasteiger partial charge >= 0.3 is 0 Å². The highest BCUT2D eigenvalue weighted by Gasteiger charge is 2.39. The molecule has 1 N–H and O–H groups in total. The van der Waals surface area contributed by atoms with Crippen LogP contribution in [0.4, 0.5) is 5.95 Å². The van der Waals surface area contributed by atoms with Crippen LogP contribution >= 0.6 is 0 Å². The number of aromatic nitrogens is 2. The lowest BCUT2D eigenvalue weighted by Gasteiger charge is -2.40. The molecule has 24 heavy (non-hydrogen) atoms. The Hall–Kier alpha value is -1.24. The van der Waals surface area contributed by atoms with Crippen molar-refractivity contribution >= 4 is 5.95 Å². The summed E-state index contributed by atoms with van der Waals surface area (Å²) in [5.74, 6) is 0.698. The van der Waals surface area contributed by atoms with Crippen LogP contribution < -0.4 is 5.32 Å². The minimum absolute atomic E-state index is 0.127. The molecule has 1 aromatic heterocycles. The fourth-order valence-corrected chi connectivity index (χ4v) is 4.18. The van der Waals surface area contributed by atoms with E-state index in [0.717, 1.165) is 52.2 Å². The highest BCUT2D eigenvalue weighted by molar-refractivity contribution is 5.25. The average Bonchev–Trinajstić information content (AvgIpc) is 3.27. The van der Waals surface area contributed by atoms with Crippen molar-refractivity contribution in [3.63, 3.8) is 0 Å². The molecule has 2 saturated heterocycles. The molecule has 1 aliphatic carbocycles.